The zero-order chi connectivity index (χ0) is 20.5. The van der Waals surface area contributed by atoms with E-state index in [0.29, 0.717) is 28.0 Å². The fraction of sp³-hybridized carbons (Fsp3) is 0.105. The summed E-state index contributed by atoms with van der Waals surface area (Å²) in [4.78, 5) is 12.4. The summed E-state index contributed by atoms with van der Waals surface area (Å²) in [7, 11) is 1.47. The van der Waals surface area contributed by atoms with Gasteiger partial charge in [-0.1, -0.05) is 29.3 Å². The molecule has 2 aromatic rings. The van der Waals surface area contributed by atoms with E-state index in [1.165, 1.54) is 19.2 Å². The second kappa shape index (κ2) is 10.7. The molecule has 0 amide bonds. The Balaban J connectivity index is 2.09. The molecule has 9 heteroatoms. The van der Waals surface area contributed by atoms with Crippen molar-refractivity contribution in [3.05, 3.63) is 70.2 Å². The largest absolute Gasteiger partial charge is 0.493 e. The van der Waals surface area contributed by atoms with Gasteiger partial charge in [0.15, 0.2) is 16.6 Å². The summed E-state index contributed by atoms with van der Waals surface area (Å²) in [5.74, 6) is -0.0248. The molecule has 0 bridgehead atoms. The Morgan fingerprint density at radius 3 is 2.71 bits per heavy atom. The summed E-state index contributed by atoms with van der Waals surface area (Å²) < 4.78 is 10.7. The maximum Gasteiger partial charge on any atom is 0.345 e. The number of hydrogen-bond acceptors (Lipinski definition) is 5. The van der Waals surface area contributed by atoms with Crippen molar-refractivity contribution in [2.75, 3.05) is 13.7 Å². The Labute approximate surface area is 178 Å². The van der Waals surface area contributed by atoms with Gasteiger partial charge in [0.05, 0.1) is 23.9 Å². The lowest BCUT2D eigenvalue weighted by Gasteiger charge is -2.11. The Kier molecular flexibility index (Phi) is 8.25. The van der Waals surface area contributed by atoms with Crippen molar-refractivity contribution >= 4 is 52.7 Å². The molecule has 0 aliphatic carbocycles. The first kappa shape index (κ1) is 21.7. The predicted molar refractivity (Wildman–Crippen MR) is 116 cm³/mol. The third-order valence-electron chi connectivity index (χ3n) is 3.33. The molecular weight excluding hydrogens is 421 g/mol. The number of esters is 1. The number of hydrogen-bond donors (Lipinski definition) is 2. The van der Waals surface area contributed by atoms with Gasteiger partial charge in [-0.2, -0.15) is 5.10 Å². The first-order chi connectivity index (χ1) is 13.4. The van der Waals surface area contributed by atoms with E-state index in [0.717, 1.165) is 0 Å². The summed E-state index contributed by atoms with van der Waals surface area (Å²) in [6.45, 7) is 4.12. The van der Waals surface area contributed by atoms with Crippen LogP contribution in [0.5, 0.6) is 11.5 Å². The topological polar surface area (TPSA) is 72.0 Å². The smallest absolute Gasteiger partial charge is 0.345 e. The quantitative estimate of drug-likeness (QED) is 0.169. The SMILES string of the molecule is C=CCNC(=S)N/N=C/c1ccc(OC(=O)c2ccc(Cl)cc2Cl)c(OC)c1. The number of halogens is 2. The van der Waals surface area contributed by atoms with Crippen LogP contribution in [0.2, 0.25) is 10.0 Å². The van der Waals surface area contributed by atoms with Gasteiger partial charge in [-0.25, -0.2) is 4.79 Å². The first-order valence-corrected chi connectivity index (χ1v) is 9.14. The maximum absolute atomic E-state index is 12.4. The fourth-order valence-electron chi connectivity index (χ4n) is 2.03. The molecule has 0 unspecified atom stereocenters. The molecule has 0 heterocycles. The van der Waals surface area contributed by atoms with E-state index >= 15 is 0 Å². The van der Waals surface area contributed by atoms with Crippen molar-refractivity contribution < 1.29 is 14.3 Å². The zero-order valence-electron chi connectivity index (χ0n) is 14.9. The third-order valence-corrected chi connectivity index (χ3v) is 4.11. The first-order valence-electron chi connectivity index (χ1n) is 7.97. The fourth-order valence-corrected chi connectivity index (χ4v) is 2.65. The molecule has 0 atom stereocenters. The molecule has 0 spiro atoms. The van der Waals surface area contributed by atoms with Gasteiger partial charge in [-0.15, -0.1) is 6.58 Å². The molecule has 0 aliphatic rings. The molecule has 6 nitrogen and oxygen atoms in total. The summed E-state index contributed by atoms with van der Waals surface area (Å²) in [6, 6.07) is 9.49. The highest BCUT2D eigenvalue weighted by molar-refractivity contribution is 7.80. The molecule has 2 aromatic carbocycles. The highest BCUT2D eigenvalue weighted by atomic mass is 35.5. The van der Waals surface area contributed by atoms with Gasteiger partial charge < -0.3 is 14.8 Å². The molecule has 0 aromatic heterocycles. The van der Waals surface area contributed by atoms with Gasteiger partial charge in [-0.3, -0.25) is 5.43 Å². The van der Waals surface area contributed by atoms with Crippen LogP contribution < -0.4 is 20.2 Å². The summed E-state index contributed by atoms with van der Waals surface area (Å²) in [6.07, 6.45) is 3.23. The van der Waals surface area contributed by atoms with Crippen molar-refractivity contribution in [2.24, 2.45) is 5.10 Å². The van der Waals surface area contributed by atoms with Gasteiger partial charge >= 0.3 is 5.97 Å². The Morgan fingerprint density at radius 1 is 1.25 bits per heavy atom. The summed E-state index contributed by atoms with van der Waals surface area (Å²) in [5.41, 5.74) is 3.58. The summed E-state index contributed by atoms with van der Waals surface area (Å²) >= 11 is 16.9. The van der Waals surface area contributed by atoms with Gasteiger partial charge in [0.25, 0.3) is 0 Å². The minimum atomic E-state index is -0.623. The van der Waals surface area contributed by atoms with Crippen LogP contribution in [-0.4, -0.2) is 31.0 Å². The van der Waals surface area contributed by atoms with Gasteiger partial charge in [0, 0.05) is 11.6 Å². The van der Waals surface area contributed by atoms with Crippen molar-refractivity contribution in [1.29, 1.82) is 0 Å². The lowest BCUT2D eigenvalue weighted by atomic mass is 10.2. The normalized spacial score (nSPS) is 10.4. The van der Waals surface area contributed by atoms with E-state index in [4.69, 9.17) is 44.9 Å². The van der Waals surface area contributed by atoms with Gasteiger partial charge in [0.2, 0.25) is 0 Å². The number of nitrogens with one attached hydrogen (secondary N) is 2. The van der Waals surface area contributed by atoms with Crippen LogP contribution in [0.15, 0.2) is 54.2 Å². The lowest BCUT2D eigenvalue weighted by molar-refractivity contribution is 0.0730. The molecular formula is C19H17Cl2N3O3S. The number of carbonyl (C=O) groups is 1. The van der Waals surface area contributed by atoms with Crippen LogP contribution in [0, 0.1) is 0 Å². The Hall–Kier alpha value is -2.61. The van der Waals surface area contributed by atoms with Crippen LogP contribution in [-0.2, 0) is 0 Å². The Morgan fingerprint density at radius 2 is 2.04 bits per heavy atom. The van der Waals surface area contributed by atoms with Crippen LogP contribution in [0.4, 0.5) is 0 Å². The monoisotopic (exact) mass is 437 g/mol. The molecule has 2 N–H and O–H groups in total. The number of rotatable bonds is 7. The van der Waals surface area contributed by atoms with E-state index in [2.05, 4.69) is 22.4 Å². The van der Waals surface area contributed by atoms with Crippen molar-refractivity contribution in [3.63, 3.8) is 0 Å². The maximum atomic E-state index is 12.4. The standard InChI is InChI=1S/C19H17Cl2N3O3S/c1-3-8-22-19(28)24-23-11-12-4-7-16(17(9-12)26-2)27-18(25)14-6-5-13(20)10-15(14)21/h3-7,9-11H,1,8H2,2H3,(H2,22,24,28)/b23-11+. The van der Waals surface area contributed by atoms with Gasteiger partial charge in [-0.05, 0) is 54.2 Å². The summed E-state index contributed by atoms with van der Waals surface area (Å²) in [5, 5.41) is 7.90. The predicted octanol–water partition coefficient (Wildman–Crippen LogP) is 4.21. The number of carbonyl (C=O) groups excluding carboxylic acids is 1. The number of nitrogens with zero attached hydrogens (tertiary/aromatic N) is 1. The molecule has 146 valence electrons. The Bertz CT molecular complexity index is 919. The van der Waals surface area contributed by atoms with Crippen molar-refractivity contribution in [1.82, 2.24) is 10.7 Å². The van der Waals surface area contributed by atoms with Crippen LogP contribution in [0.1, 0.15) is 15.9 Å². The number of benzene rings is 2. The van der Waals surface area contributed by atoms with E-state index in [1.54, 1.807) is 36.6 Å². The number of ether oxygens (including phenoxy) is 2. The molecule has 0 radical (unpaired) electrons. The van der Waals surface area contributed by atoms with Crippen LogP contribution in [0.25, 0.3) is 0 Å². The van der Waals surface area contributed by atoms with E-state index in [-0.39, 0.29) is 16.3 Å². The highest BCUT2D eigenvalue weighted by Crippen LogP contribution is 2.29. The van der Waals surface area contributed by atoms with E-state index < -0.39 is 5.97 Å². The average Bonchev–Trinajstić information content (AvgIpc) is 2.67. The van der Waals surface area contributed by atoms with Gasteiger partial charge in [0.1, 0.15) is 0 Å². The van der Waals surface area contributed by atoms with E-state index in [1.807, 2.05) is 0 Å². The van der Waals surface area contributed by atoms with E-state index in [9.17, 15) is 4.79 Å². The second-order valence-electron chi connectivity index (χ2n) is 5.29. The highest BCUT2D eigenvalue weighted by Gasteiger charge is 2.16. The minimum Gasteiger partial charge on any atom is -0.493 e. The number of methoxy groups -OCH3 is 1. The molecule has 0 fully saturated rings. The number of hydrazone groups is 1. The third kappa shape index (κ3) is 6.23. The second-order valence-corrected chi connectivity index (χ2v) is 6.54. The average molecular weight is 438 g/mol. The molecule has 0 saturated heterocycles. The molecule has 28 heavy (non-hydrogen) atoms. The number of thiocarbonyl (C=S) groups is 1. The molecule has 2 rings (SSSR count). The van der Waals surface area contributed by atoms with Crippen LogP contribution >= 0.6 is 35.4 Å². The lowest BCUT2D eigenvalue weighted by Crippen LogP contribution is -2.31. The minimum absolute atomic E-state index is 0.198. The molecule has 0 aliphatic heterocycles. The molecule has 0 saturated carbocycles. The van der Waals surface area contributed by atoms with Crippen molar-refractivity contribution in [3.8, 4) is 11.5 Å². The van der Waals surface area contributed by atoms with Crippen molar-refractivity contribution in [2.45, 2.75) is 0 Å². The zero-order valence-corrected chi connectivity index (χ0v) is 17.2. The van der Waals surface area contributed by atoms with Crippen LogP contribution in [0.3, 0.4) is 0 Å².